The molecule has 2 unspecified atom stereocenters. The van der Waals surface area contributed by atoms with E-state index in [0.29, 0.717) is 11.8 Å². The van der Waals surface area contributed by atoms with Crippen molar-refractivity contribution in [3.8, 4) is 0 Å². The van der Waals surface area contributed by atoms with Crippen molar-refractivity contribution in [2.45, 2.75) is 38.3 Å². The summed E-state index contributed by atoms with van der Waals surface area (Å²) in [6.07, 6.45) is -0.937. The normalized spacial score (nSPS) is 15.6. The van der Waals surface area contributed by atoms with Gasteiger partial charge in [-0.1, -0.05) is 65.0 Å². The number of benzene rings is 1. The summed E-state index contributed by atoms with van der Waals surface area (Å²) in [5.41, 5.74) is 0.818. The van der Waals surface area contributed by atoms with Crippen molar-refractivity contribution in [2.24, 2.45) is 0 Å². The van der Waals surface area contributed by atoms with Crippen LogP contribution in [0, 0.1) is 0 Å². The first-order chi connectivity index (χ1) is 7.86. The largest absolute Gasteiger partial charge is 0.390 e. The molecule has 0 spiro atoms. The van der Waals surface area contributed by atoms with Crippen LogP contribution in [0.25, 0.3) is 0 Å². The number of hydrogen-bond donors (Lipinski definition) is 2. The average Bonchev–Trinajstić information content (AvgIpc) is 2.27. The zero-order valence-corrected chi connectivity index (χ0v) is 13.2. The van der Waals surface area contributed by atoms with E-state index in [1.54, 1.807) is 0 Å². The van der Waals surface area contributed by atoms with Gasteiger partial charge in [0.05, 0.1) is 14.2 Å². The van der Waals surface area contributed by atoms with Crippen LogP contribution in [-0.4, -0.2) is 29.7 Å². The molecular weight excluding hydrogens is 296 g/mol. The first kappa shape index (κ1) is 14.9. The van der Waals surface area contributed by atoms with E-state index in [0.717, 1.165) is 5.56 Å². The van der Waals surface area contributed by atoms with Gasteiger partial charge in [0.15, 0.2) is 0 Å². The monoisotopic (exact) mass is 316 g/mol. The van der Waals surface area contributed by atoms with E-state index in [1.165, 1.54) is 5.19 Å². The third-order valence-electron chi connectivity index (χ3n) is 2.86. The van der Waals surface area contributed by atoms with Gasteiger partial charge in [0, 0.05) is 5.33 Å². The molecule has 1 aromatic rings. The number of aliphatic hydroxyl groups is 2. The van der Waals surface area contributed by atoms with Crippen molar-refractivity contribution in [1.82, 2.24) is 0 Å². The Morgan fingerprint density at radius 3 is 2.41 bits per heavy atom. The Morgan fingerprint density at radius 2 is 1.88 bits per heavy atom. The van der Waals surface area contributed by atoms with Crippen LogP contribution in [0.4, 0.5) is 0 Å². The predicted octanol–water partition coefficient (Wildman–Crippen LogP) is 2.41. The van der Waals surface area contributed by atoms with Gasteiger partial charge in [-0.15, -0.1) is 0 Å². The van der Waals surface area contributed by atoms with Crippen LogP contribution < -0.4 is 5.19 Å². The Morgan fingerprint density at radius 1 is 1.24 bits per heavy atom. The van der Waals surface area contributed by atoms with Crippen molar-refractivity contribution in [2.75, 3.05) is 5.33 Å². The minimum Gasteiger partial charge on any atom is -0.390 e. The number of alkyl halides is 1. The molecule has 0 radical (unpaired) electrons. The lowest BCUT2D eigenvalue weighted by Gasteiger charge is -2.21. The van der Waals surface area contributed by atoms with Gasteiger partial charge in [-0.25, -0.2) is 0 Å². The fourth-order valence-electron chi connectivity index (χ4n) is 1.68. The third-order valence-corrected chi connectivity index (χ3v) is 5.36. The van der Waals surface area contributed by atoms with Crippen LogP contribution >= 0.6 is 15.9 Å². The molecule has 0 saturated carbocycles. The van der Waals surface area contributed by atoms with Crippen LogP contribution in [0.1, 0.15) is 18.1 Å². The second-order valence-corrected chi connectivity index (χ2v) is 11.2. The molecule has 4 heteroatoms. The van der Waals surface area contributed by atoms with Gasteiger partial charge in [0.25, 0.3) is 0 Å². The van der Waals surface area contributed by atoms with Crippen molar-refractivity contribution in [3.05, 3.63) is 29.8 Å². The summed E-state index contributed by atoms with van der Waals surface area (Å²) in [6.45, 7) is 6.81. The summed E-state index contributed by atoms with van der Waals surface area (Å²) < 4.78 is 0. The highest BCUT2D eigenvalue weighted by atomic mass is 79.9. The zero-order valence-electron chi connectivity index (χ0n) is 10.7. The second-order valence-electron chi connectivity index (χ2n) is 5.37. The van der Waals surface area contributed by atoms with Gasteiger partial charge in [0.2, 0.25) is 0 Å². The van der Waals surface area contributed by atoms with E-state index in [2.05, 4.69) is 41.6 Å². The summed E-state index contributed by atoms with van der Waals surface area (Å²) in [5, 5.41) is 21.9. The number of halogens is 1. The summed E-state index contributed by atoms with van der Waals surface area (Å²) in [4.78, 5) is 0. The highest BCUT2D eigenvalue weighted by Crippen LogP contribution is 2.19. The Bertz CT molecular complexity index is 363. The molecule has 0 fully saturated rings. The van der Waals surface area contributed by atoms with E-state index in [4.69, 9.17) is 0 Å². The topological polar surface area (TPSA) is 40.5 Å². The Labute approximate surface area is 113 Å². The van der Waals surface area contributed by atoms with Gasteiger partial charge >= 0.3 is 0 Å². The third kappa shape index (κ3) is 4.21. The maximum atomic E-state index is 10.1. The molecule has 0 amide bonds. The van der Waals surface area contributed by atoms with Gasteiger partial charge in [-0.3, -0.25) is 0 Å². The molecule has 0 aromatic heterocycles. The molecule has 0 aliphatic heterocycles. The fraction of sp³-hybridized carbons (Fsp3) is 0.538. The Hall–Kier alpha value is -0.163. The van der Waals surface area contributed by atoms with Crippen LogP contribution in [-0.2, 0) is 0 Å². The summed E-state index contributed by atoms with van der Waals surface area (Å²) >= 11 is 3.27. The minimum absolute atomic E-state index is 0.554. The molecule has 0 bridgehead atoms. The molecule has 0 aliphatic rings. The molecule has 0 aliphatic carbocycles. The van der Waals surface area contributed by atoms with Gasteiger partial charge < -0.3 is 10.2 Å². The van der Waals surface area contributed by atoms with Crippen LogP contribution in [0.15, 0.2) is 24.3 Å². The number of hydrogen-bond acceptors (Lipinski definition) is 2. The van der Waals surface area contributed by atoms with Crippen LogP contribution in [0.3, 0.4) is 0 Å². The van der Waals surface area contributed by atoms with Gasteiger partial charge in [-0.2, -0.15) is 0 Å². The number of aliphatic hydroxyl groups excluding tert-OH is 2. The molecule has 0 heterocycles. The van der Waals surface area contributed by atoms with Crippen LogP contribution in [0.5, 0.6) is 0 Å². The Kier molecular flexibility index (Phi) is 5.38. The van der Waals surface area contributed by atoms with E-state index in [1.807, 2.05) is 18.2 Å². The summed E-state index contributed by atoms with van der Waals surface area (Å²) in [6, 6.07) is 7.99. The molecule has 17 heavy (non-hydrogen) atoms. The predicted molar refractivity (Wildman–Crippen MR) is 78.8 cm³/mol. The first-order valence-corrected chi connectivity index (χ1v) is 10.5. The van der Waals surface area contributed by atoms with Crippen molar-refractivity contribution in [3.63, 3.8) is 0 Å². The van der Waals surface area contributed by atoms with E-state index in [-0.39, 0.29) is 0 Å². The van der Waals surface area contributed by atoms with Gasteiger partial charge in [0.1, 0.15) is 6.10 Å². The smallest absolute Gasteiger partial charge is 0.105 e. The second kappa shape index (κ2) is 6.14. The lowest BCUT2D eigenvalue weighted by molar-refractivity contribution is 0.0174. The highest BCUT2D eigenvalue weighted by Gasteiger charge is 2.21. The van der Waals surface area contributed by atoms with Crippen molar-refractivity contribution >= 4 is 29.2 Å². The quantitative estimate of drug-likeness (QED) is 0.647. The molecule has 2 N–H and O–H groups in total. The lowest BCUT2D eigenvalue weighted by Crippen LogP contribution is -2.38. The molecule has 0 saturated heterocycles. The first-order valence-electron chi connectivity index (χ1n) is 5.89. The Balaban J connectivity index is 2.92. The lowest BCUT2D eigenvalue weighted by atomic mass is 10.0. The molecule has 2 nitrogen and oxygen atoms in total. The number of rotatable bonds is 5. The maximum absolute atomic E-state index is 10.1. The zero-order chi connectivity index (χ0) is 13.1. The molecule has 96 valence electrons. The standard InChI is InChI=1S/C13H21BrO2Si/c1-17(2,3)11-6-4-5-10(9-11)13(16)12(15)7-8-14/h4-6,9,12-13,15-16H,7-8H2,1-3H3. The minimum atomic E-state index is -1.37. The highest BCUT2D eigenvalue weighted by molar-refractivity contribution is 9.09. The fourth-order valence-corrected chi connectivity index (χ4v) is 3.35. The molecule has 2 atom stereocenters. The van der Waals surface area contributed by atoms with Gasteiger partial charge in [-0.05, 0) is 12.0 Å². The van der Waals surface area contributed by atoms with Crippen LogP contribution in [0.2, 0.25) is 19.6 Å². The molecule has 1 rings (SSSR count). The summed E-state index contributed by atoms with van der Waals surface area (Å²) in [5.74, 6) is 0. The van der Waals surface area contributed by atoms with E-state index in [9.17, 15) is 10.2 Å². The summed E-state index contributed by atoms with van der Waals surface area (Å²) in [7, 11) is -1.37. The maximum Gasteiger partial charge on any atom is 0.105 e. The SMILES string of the molecule is C[Si](C)(C)c1cccc(C(O)C(O)CCBr)c1. The average molecular weight is 317 g/mol. The van der Waals surface area contributed by atoms with Crippen molar-refractivity contribution in [1.29, 1.82) is 0 Å². The van der Waals surface area contributed by atoms with Crippen molar-refractivity contribution < 1.29 is 10.2 Å². The van der Waals surface area contributed by atoms with E-state index < -0.39 is 20.3 Å². The molecular formula is C13H21BrO2Si. The molecule has 1 aromatic carbocycles. The van der Waals surface area contributed by atoms with E-state index >= 15 is 0 Å².